The van der Waals surface area contributed by atoms with Gasteiger partial charge < -0.3 is 5.11 Å². The SMILES string of the molecule is CC(C)(C)C(CC(=O)O)N1C(=O)C2C(C1=O)C2(C)C. The minimum Gasteiger partial charge on any atom is -0.481 e. The van der Waals surface area contributed by atoms with Crippen LogP contribution in [-0.4, -0.2) is 33.8 Å². The first-order valence-corrected chi connectivity index (χ1v) is 6.58. The number of fused-ring (bicyclic) bond motifs is 1. The number of amides is 2. The predicted octanol–water partition coefficient (Wildman–Crippen LogP) is 1.52. The lowest BCUT2D eigenvalue weighted by molar-refractivity contribution is -0.151. The number of carboxylic acids is 1. The van der Waals surface area contributed by atoms with Gasteiger partial charge in [-0.1, -0.05) is 34.6 Å². The van der Waals surface area contributed by atoms with Crippen molar-refractivity contribution in [1.82, 2.24) is 4.90 Å². The molecule has 19 heavy (non-hydrogen) atoms. The third-order valence-corrected chi connectivity index (χ3v) is 4.51. The van der Waals surface area contributed by atoms with E-state index in [1.54, 1.807) is 0 Å². The second-order valence-electron chi connectivity index (χ2n) is 7.30. The quantitative estimate of drug-likeness (QED) is 0.787. The Balaban J connectivity index is 2.28. The summed E-state index contributed by atoms with van der Waals surface area (Å²) < 4.78 is 0. The van der Waals surface area contributed by atoms with Gasteiger partial charge in [-0.2, -0.15) is 0 Å². The number of nitrogens with zero attached hydrogens (tertiary/aromatic N) is 1. The number of carbonyl (C=O) groups is 3. The molecule has 1 aliphatic carbocycles. The van der Waals surface area contributed by atoms with Gasteiger partial charge in [0.15, 0.2) is 0 Å². The molecule has 106 valence electrons. The van der Waals surface area contributed by atoms with Crippen molar-refractivity contribution in [2.45, 2.75) is 47.1 Å². The topological polar surface area (TPSA) is 74.7 Å². The summed E-state index contributed by atoms with van der Waals surface area (Å²) in [6, 6.07) is -0.575. The molecule has 1 saturated heterocycles. The van der Waals surface area contributed by atoms with Gasteiger partial charge in [0.1, 0.15) is 0 Å². The monoisotopic (exact) mass is 267 g/mol. The van der Waals surface area contributed by atoms with Crippen LogP contribution >= 0.6 is 0 Å². The van der Waals surface area contributed by atoms with Crippen molar-refractivity contribution in [2.75, 3.05) is 0 Å². The van der Waals surface area contributed by atoms with Crippen molar-refractivity contribution in [3.05, 3.63) is 0 Å². The number of piperidine rings is 1. The smallest absolute Gasteiger partial charge is 0.305 e. The summed E-state index contributed by atoms with van der Waals surface area (Å²) in [5.74, 6) is -1.88. The molecule has 0 spiro atoms. The molecule has 3 atom stereocenters. The highest BCUT2D eigenvalue weighted by Crippen LogP contribution is 2.64. The summed E-state index contributed by atoms with van der Waals surface area (Å²) >= 11 is 0. The molecule has 1 heterocycles. The molecule has 0 aromatic heterocycles. The molecule has 1 N–H and O–H groups in total. The first-order chi connectivity index (χ1) is 8.49. The third-order valence-electron chi connectivity index (χ3n) is 4.51. The zero-order valence-electron chi connectivity index (χ0n) is 12.1. The predicted molar refractivity (Wildman–Crippen MR) is 68.1 cm³/mol. The van der Waals surface area contributed by atoms with Crippen LogP contribution < -0.4 is 0 Å². The van der Waals surface area contributed by atoms with Gasteiger partial charge in [0.05, 0.1) is 24.3 Å². The highest BCUT2D eigenvalue weighted by molar-refractivity contribution is 6.10. The Hall–Kier alpha value is -1.39. The number of imide groups is 1. The Kier molecular flexibility index (Phi) is 2.81. The molecule has 0 radical (unpaired) electrons. The summed E-state index contributed by atoms with van der Waals surface area (Å²) in [6.07, 6.45) is -0.194. The van der Waals surface area contributed by atoms with E-state index in [0.29, 0.717) is 0 Å². The van der Waals surface area contributed by atoms with Gasteiger partial charge >= 0.3 is 5.97 Å². The average Bonchev–Trinajstić information content (AvgIpc) is 2.65. The number of hydrogen-bond donors (Lipinski definition) is 1. The molecule has 2 aliphatic rings. The maximum Gasteiger partial charge on any atom is 0.305 e. The lowest BCUT2D eigenvalue weighted by Crippen LogP contribution is -2.50. The summed E-state index contributed by atoms with van der Waals surface area (Å²) in [5, 5.41) is 9.01. The summed E-state index contributed by atoms with van der Waals surface area (Å²) in [5.41, 5.74) is -0.693. The minimum absolute atomic E-state index is 0.193. The molecular formula is C14H21NO4. The van der Waals surface area contributed by atoms with E-state index in [4.69, 9.17) is 5.11 Å². The van der Waals surface area contributed by atoms with Crippen LogP contribution in [0.25, 0.3) is 0 Å². The molecule has 5 heteroatoms. The Morgan fingerprint density at radius 1 is 1.26 bits per heavy atom. The average molecular weight is 267 g/mol. The number of hydrogen-bond acceptors (Lipinski definition) is 3. The van der Waals surface area contributed by atoms with Gasteiger partial charge in [-0.05, 0) is 10.8 Å². The maximum absolute atomic E-state index is 12.4. The van der Waals surface area contributed by atoms with Crippen molar-refractivity contribution in [2.24, 2.45) is 22.7 Å². The number of aliphatic carboxylic acids is 1. The Labute approximate surface area is 113 Å². The van der Waals surface area contributed by atoms with E-state index in [1.165, 1.54) is 4.90 Å². The van der Waals surface area contributed by atoms with E-state index < -0.39 is 17.4 Å². The second-order valence-corrected chi connectivity index (χ2v) is 7.30. The van der Waals surface area contributed by atoms with Gasteiger partial charge in [-0.15, -0.1) is 0 Å². The molecule has 2 fully saturated rings. The van der Waals surface area contributed by atoms with Crippen molar-refractivity contribution < 1.29 is 19.5 Å². The van der Waals surface area contributed by atoms with Crippen LogP contribution in [0.5, 0.6) is 0 Å². The Morgan fingerprint density at radius 2 is 1.68 bits per heavy atom. The van der Waals surface area contributed by atoms with Crippen LogP contribution in [0.4, 0.5) is 0 Å². The largest absolute Gasteiger partial charge is 0.481 e. The van der Waals surface area contributed by atoms with Crippen molar-refractivity contribution in [3.8, 4) is 0 Å². The Morgan fingerprint density at radius 3 is 2.00 bits per heavy atom. The molecule has 0 bridgehead atoms. The molecule has 0 aromatic carbocycles. The molecule has 1 aliphatic heterocycles. The standard InChI is InChI=1S/C14H21NO4/c1-13(2,3)7(6-8(16)17)15-11(18)9-10(12(15)19)14(9,4)5/h7,9-10H,6H2,1-5H3,(H,16,17). The van der Waals surface area contributed by atoms with Crippen molar-refractivity contribution in [1.29, 1.82) is 0 Å². The highest BCUT2D eigenvalue weighted by atomic mass is 16.4. The van der Waals surface area contributed by atoms with Gasteiger partial charge in [0.2, 0.25) is 11.8 Å². The van der Waals surface area contributed by atoms with Gasteiger partial charge in [-0.3, -0.25) is 19.3 Å². The van der Waals surface area contributed by atoms with Crippen molar-refractivity contribution in [3.63, 3.8) is 0 Å². The second kappa shape index (κ2) is 3.81. The highest BCUT2D eigenvalue weighted by Gasteiger charge is 2.73. The fraction of sp³-hybridized carbons (Fsp3) is 0.786. The van der Waals surface area contributed by atoms with E-state index in [0.717, 1.165) is 0 Å². The van der Waals surface area contributed by atoms with E-state index >= 15 is 0 Å². The molecule has 2 amide bonds. The molecule has 1 saturated carbocycles. The summed E-state index contributed by atoms with van der Waals surface area (Å²) in [7, 11) is 0. The fourth-order valence-electron chi connectivity index (χ4n) is 3.23. The molecule has 5 nitrogen and oxygen atoms in total. The van der Waals surface area contributed by atoms with E-state index in [-0.39, 0.29) is 35.5 Å². The van der Waals surface area contributed by atoms with Gasteiger partial charge in [0.25, 0.3) is 0 Å². The van der Waals surface area contributed by atoms with E-state index in [1.807, 2.05) is 34.6 Å². The summed E-state index contributed by atoms with van der Waals surface area (Å²) in [4.78, 5) is 36.9. The number of likely N-dealkylation sites (tertiary alicyclic amines) is 1. The molecular weight excluding hydrogens is 246 g/mol. The maximum atomic E-state index is 12.4. The zero-order valence-corrected chi connectivity index (χ0v) is 12.1. The molecule has 3 unspecified atom stereocenters. The normalized spacial score (nSPS) is 30.3. The first-order valence-electron chi connectivity index (χ1n) is 6.58. The summed E-state index contributed by atoms with van der Waals surface area (Å²) in [6.45, 7) is 9.40. The fourth-order valence-corrected chi connectivity index (χ4v) is 3.23. The minimum atomic E-state index is -0.986. The number of carbonyl (C=O) groups excluding carboxylic acids is 2. The first kappa shape index (κ1) is 14.0. The van der Waals surface area contributed by atoms with Crippen LogP contribution in [0.1, 0.15) is 41.0 Å². The Bertz CT molecular complexity index is 437. The van der Waals surface area contributed by atoms with Crippen LogP contribution in [0.3, 0.4) is 0 Å². The number of carboxylic acid groups (broad SMARTS) is 1. The van der Waals surface area contributed by atoms with Crippen molar-refractivity contribution >= 4 is 17.8 Å². The lowest BCUT2D eigenvalue weighted by atomic mass is 9.83. The van der Waals surface area contributed by atoms with Gasteiger partial charge in [-0.25, -0.2) is 0 Å². The molecule has 0 aromatic rings. The number of rotatable bonds is 3. The van der Waals surface area contributed by atoms with Gasteiger partial charge in [0, 0.05) is 0 Å². The molecule has 2 rings (SSSR count). The van der Waals surface area contributed by atoms with Crippen LogP contribution in [0.15, 0.2) is 0 Å². The van der Waals surface area contributed by atoms with E-state index in [2.05, 4.69) is 0 Å². The van der Waals surface area contributed by atoms with Crippen LogP contribution in [0, 0.1) is 22.7 Å². The lowest BCUT2D eigenvalue weighted by Gasteiger charge is -2.37. The van der Waals surface area contributed by atoms with Crippen LogP contribution in [0.2, 0.25) is 0 Å². The van der Waals surface area contributed by atoms with E-state index in [9.17, 15) is 14.4 Å². The third kappa shape index (κ3) is 1.95. The van der Waals surface area contributed by atoms with Crippen LogP contribution in [-0.2, 0) is 14.4 Å². The zero-order chi connectivity index (χ0) is 14.7.